The van der Waals surface area contributed by atoms with Gasteiger partial charge in [-0.3, -0.25) is 9.59 Å². The SMILES string of the molecule is CC/C=C\C/C=C\C/C=C\C(CCCCCCCCC(=O)O)OC(=O)CCCCCCCCCC. The van der Waals surface area contributed by atoms with Crippen LogP contribution in [0.2, 0.25) is 0 Å². The van der Waals surface area contributed by atoms with Gasteiger partial charge in [-0.1, -0.05) is 115 Å². The monoisotopic (exact) mass is 490 g/mol. The molecule has 0 heterocycles. The summed E-state index contributed by atoms with van der Waals surface area (Å²) in [7, 11) is 0. The molecule has 0 saturated carbocycles. The summed E-state index contributed by atoms with van der Waals surface area (Å²) in [6.07, 6.45) is 33.1. The molecule has 4 heteroatoms. The molecule has 0 aliphatic heterocycles. The number of carboxylic acid groups (broad SMARTS) is 1. The van der Waals surface area contributed by atoms with E-state index in [1.165, 1.54) is 38.5 Å². The Hall–Kier alpha value is -1.84. The zero-order valence-electron chi connectivity index (χ0n) is 22.9. The Morgan fingerprint density at radius 1 is 0.657 bits per heavy atom. The van der Waals surface area contributed by atoms with Crippen molar-refractivity contribution in [1.82, 2.24) is 0 Å². The molecule has 35 heavy (non-hydrogen) atoms. The summed E-state index contributed by atoms with van der Waals surface area (Å²) in [5, 5.41) is 8.71. The lowest BCUT2D eigenvalue weighted by atomic mass is 10.1. The molecule has 0 spiro atoms. The number of rotatable bonds is 25. The van der Waals surface area contributed by atoms with E-state index in [1.807, 2.05) is 0 Å². The van der Waals surface area contributed by atoms with Gasteiger partial charge in [0.25, 0.3) is 0 Å². The Labute approximate surface area is 216 Å². The maximum Gasteiger partial charge on any atom is 0.306 e. The first-order chi connectivity index (χ1) is 17.1. The number of carboxylic acids is 1. The van der Waals surface area contributed by atoms with Gasteiger partial charge in [0.1, 0.15) is 6.10 Å². The van der Waals surface area contributed by atoms with Crippen LogP contribution in [0.4, 0.5) is 0 Å². The third kappa shape index (κ3) is 26.6. The van der Waals surface area contributed by atoms with Gasteiger partial charge in [-0.25, -0.2) is 0 Å². The average molecular weight is 491 g/mol. The van der Waals surface area contributed by atoms with Crippen LogP contribution in [0, 0.1) is 0 Å². The summed E-state index contributed by atoms with van der Waals surface area (Å²) >= 11 is 0. The predicted octanol–water partition coefficient (Wildman–Crippen LogP) is 9.49. The fourth-order valence-electron chi connectivity index (χ4n) is 4.00. The maximum absolute atomic E-state index is 12.4. The molecule has 0 rings (SSSR count). The Morgan fingerprint density at radius 3 is 1.77 bits per heavy atom. The fourth-order valence-corrected chi connectivity index (χ4v) is 4.00. The number of esters is 1. The molecule has 202 valence electrons. The van der Waals surface area contributed by atoms with E-state index < -0.39 is 5.97 Å². The van der Waals surface area contributed by atoms with E-state index >= 15 is 0 Å². The van der Waals surface area contributed by atoms with Gasteiger partial charge in [-0.15, -0.1) is 0 Å². The molecule has 1 unspecified atom stereocenters. The number of hydrogen-bond acceptors (Lipinski definition) is 3. The number of allylic oxidation sites excluding steroid dienone is 5. The Kier molecular flexibility index (Phi) is 25.4. The topological polar surface area (TPSA) is 63.6 Å². The van der Waals surface area contributed by atoms with E-state index in [9.17, 15) is 9.59 Å². The largest absolute Gasteiger partial charge is 0.481 e. The van der Waals surface area contributed by atoms with E-state index in [4.69, 9.17) is 9.84 Å². The van der Waals surface area contributed by atoms with Crippen LogP contribution in [0.3, 0.4) is 0 Å². The molecule has 0 aromatic carbocycles. The minimum absolute atomic E-state index is 0.0699. The van der Waals surface area contributed by atoms with Crippen molar-refractivity contribution in [2.24, 2.45) is 0 Å². The van der Waals surface area contributed by atoms with Gasteiger partial charge < -0.3 is 9.84 Å². The molecule has 0 bridgehead atoms. The number of carbonyl (C=O) groups excluding carboxylic acids is 1. The minimum atomic E-state index is -0.708. The summed E-state index contributed by atoms with van der Waals surface area (Å²) < 4.78 is 5.82. The third-order valence-corrected chi connectivity index (χ3v) is 6.11. The first kappa shape index (κ1) is 33.2. The lowest BCUT2D eigenvalue weighted by Gasteiger charge is -2.14. The lowest BCUT2D eigenvalue weighted by molar-refractivity contribution is -0.147. The van der Waals surface area contributed by atoms with Crippen LogP contribution in [-0.2, 0) is 14.3 Å². The highest BCUT2D eigenvalue weighted by Gasteiger charge is 2.11. The smallest absolute Gasteiger partial charge is 0.306 e. The molecule has 1 N–H and O–H groups in total. The van der Waals surface area contributed by atoms with E-state index in [2.05, 4.69) is 50.3 Å². The van der Waals surface area contributed by atoms with Crippen LogP contribution in [0.25, 0.3) is 0 Å². The summed E-state index contributed by atoms with van der Waals surface area (Å²) in [4.78, 5) is 23.0. The van der Waals surface area contributed by atoms with E-state index in [1.54, 1.807) is 0 Å². The Bertz CT molecular complexity index is 577. The van der Waals surface area contributed by atoms with E-state index in [0.29, 0.717) is 6.42 Å². The highest BCUT2D eigenvalue weighted by molar-refractivity contribution is 5.69. The summed E-state index contributed by atoms with van der Waals surface area (Å²) in [6.45, 7) is 4.38. The molecule has 0 aromatic rings. The summed E-state index contributed by atoms with van der Waals surface area (Å²) in [6, 6.07) is 0. The molecule has 0 aromatic heterocycles. The zero-order chi connectivity index (χ0) is 25.8. The quantitative estimate of drug-likeness (QED) is 0.0786. The molecular formula is C31H54O4. The van der Waals surface area contributed by atoms with Gasteiger partial charge in [-0.2, -0.15) is 0 Å². The van der Waals surface area contributed by atoms with Crippen molar-refractivity contribution in [3.8, 4) is 0 Å². The van der Waals surface area contributed by atoms with Gasteiger partial charge in [0.15, 0.2) is 0 Å². The number of hydrogen-bond donors (Lipinski definition) is 1. The molecule has 0 aliphatic carbocycles. The highest BCUT2D eigenvalue weighted by Crippen LogP contribution is 2.15. The normalized spacial score (nSPS) is 12.7. The van der Waals surface area contributed by atoms with Crippen LogP contribution < -0.4 is 0 Å². The second-order valence-electron chi connectivity index (χ2n) is 9.56. The van der Waals surface area contributed by atoms with Crippen molar-refractivity contribution < 1.29 is 19.4 Å². The van der Waals surface area contributed by atoms with Crippen LogP contribution in [0.1, 0.15) is 142 Å². The summed E-state index contributed by atoms with van der Waals surface area (Å²) in [5.41, 5.74) is 0. The summed E-state index contributed by atoms with van der Waals surface area (Å²) in [5.74, 6) is -0.778. The van der Waals surface area contributed by atoms with Gasteiger partial charge in [0.2, 0.25) is 0 Å². The molecular weight excluding hydrogens is 436 g/mol. The molecule has 0 amide bonds. The van der Waals surface area contributed by atoms with Crippen molar-refractivity contribution in [3.05, 3.63) is 36.5 Å². The van der Waals surface area contributed by atoms with Crippen molar-refractivity contribution >= 4 is 11.9 Å². The maximum atomic E-state index is 12.4. The van der Waals surface area contributed by atoms with Gasteiger partial charge >= 0.3 is 11.9 Å². The van der Waals surface area contributed by atoms with Crippen LogP contribution >= 0.6 is 0 Å². The van der Waals surface area contributed by atoms with Crippen molar-refractivity contribution in [2.45, 2.75) is 148 Å². The van der Waals surface area contributed by atoms with E-state index in [-0.39, 0.29) is 18.5 Å². The van der Waals surface area contributed by atoms with Crippen molar-refractivity contribution in [1.29, 1.82) is 0 Å². The van der Waals surface area contributed by atoms with Gasteiger partial charge in [0, 0.05) is 12.8 Å². The first-order valence-corrected chi connectivity index (χ1v) is 14.5. The number of unbranched alkanes of at least 4 members (excludes halogenated alkanes) is 12. The molecule has 1 atom stereocenters. The third-order valence-electron chi connectivity index (χ3n) is 6.11. The average Bonchev–Trinajstić information content (AvgIpc) is 2.83. The first-order valence-electron chi connectivity index (χ1n) is 14.5. The highest BCUT2D eigenvalue weighted by atomic mass is 16.5. The number of ether oxygens (including phenoxy) is 1. The minimum Gasteiger partial charge on any atom is -0.481 e. The molecule has 0 fully saturated rings. The van der Waals surface area contributed by atoms with Crippen LogP contribution in [0.15, 0.2) is 36.5 Å². The molecule has 0 saturated heterocycles. The van der Waals surface area contributed by atoms with E-state index in [0.717, 1.165) is 77.0 Å². The molecule has 0 radical (unpaired) electrons. The Morgan fingerprint density at radius 2 is 1.17 bits per heavy atom. The molecule has 0 aliphatic rings. The van der Waals surface area contributed by atoms with Gasteiger partial charge in [-0.05, 0) is 51.0 Å². The standard InChI is InChI=1S/C31H54O4/c1-3-5-7-9-11-13-17-21-25-29(26-22-18-15-16-19-23-27-30(32)33)35-31(34)28-24-20-14-12-10-8-6-4-2/h5,7,11,13,21,25,29H,3-4,6,8-10,12,14-20,22-24,26-28H2,1-2H3,(H,32,33)/b7-5-,13-11-,25-21-. The number of carbonyl (C=O) groups is 2. The molecule has 4 nitrogen and oxygen atoms in total. The predicted molar refractivity (Wildman–Crippen MR) is 149 cm³/mol. The second-order valence-corrected chi connectivity index (χ2v) is 9.56. The van der Waals surface area contributed by atoms with Crippen LogP contribution in [0.5, 0.6) is 0 Å². The second kappa shape index (κ2) is 26.8. The van der Waals surface area contributed by atoms with Gasteiger partial charge in [0.05, 0.1) is 0 Å². The zero-order valence-corrected chi connectivity index (χ0v) is 22.9. The number of aliphatic carboxylic acids is 1. The van der Waals surface area contributed by atoms with Crippen LogP contribution in [-0.4, -0.2) is 23.1 Å². The Balaban J connectivity index is 4.26. The lowest BCUT2D eigenvalue weighted by Crippen LogP contribution is -2.16. The van der Waals surface area contributed by atoms with Crippen molar-refractivity contribution in [2.75, 3.05) is 0 Å². The van der Waals surface area contributed by atoms with Crippen molar-refractivity contribution in [3.63, 3.8) is 0 Å². The fraction of sp³-hybridized carbons (Fsp3) is 0.742.